The first-order valence-corrected chi connectivity index (χ1v) is 7.75. The van der Waals surface area contributed by atoms with Crippen LogP contribution in [0.5, 0.6) is 5.75 Å². The topological polar surface area (TPSA) is 61.8 Å². The number of esters is 2. The van der Waals surface area contributed by atoms with Gasteiger partial charge in [-0.05, 0) is 38.5 Å². The second-order valence-corrected chi connectivity index (χ2v) is 4.71. The van der Waals surface area contributed by atoms with Gasteiger partial charge >= 0.3 is 11.9 Å². The first kappa shape index (κ1) is 18.0. The molecule has 0 aliphatic carbocycles. The fourth-order valence-corrected chi connectivity index (χ4v) is 1.90. The van der Waals surface area contributed by atoms with E-state index < -0.39 is 11.9 Å². The van der Waals surface area contributed by atoms with Gasteiger partial charge in [-0.2, -0.15) is 0 Å². The van der Waals surface area contributed by atoms with Crippen LogP contribution in [0.4, 0.5) is 0 Å². The number of benzene rings is 1. The molecule has 122 valence electrons. The number of carbonyl (C=O) groups is 2. The van der Waals surface area contributed by atoms with Crippen molar-refractivity contribution in [3.05, 3.63) is 29.3 Å². The summed E-state index contributed by atoms with van der Waals surface area (Å²) in [4.78, 5) is 23.8. The highest BCUT2D eigenvalue weighted by atomic mass is 16.5. The van der Waals surface area contributed by atoms with Crippen molar-refractivity contribution < 1.29 is 23.8 Å². The molecule has 0 atom stereocenters. The maximum absolute atomic E-state index is 12.0. The van der Waals surface area contributed by atoms with Crippen molar-refractivity contribution in [2.24, 2.45) is 0 Å². The fraction of sp³-hybridized carbons (Fsp3) is 0.529. The molecule has 0 amide bonds. The minimum Gasteiger partial charge on any atom is -0.493 e. The van der Waals surface area contributed by atoms with E-state index in [0.29, 0.717) is 17.9 Å². The van der Waals surface area contributed by atoms with E-state index in [-0.39, 0.29) is 18.8 Å². The van der Waals surface area contributed by atoms with Crippen LogP contribution in [0.15, 0.2) is 18.2 Å². The summed E-state index contributed by atoms with van der Waals surface area (Å²) in [5.41, 5.74) is 0.565. The van der Waals surface area contributed by atoms with E-state index in [1.165, 1.54) is 6.07 Å². The summed E-state index contributed by atoms with van der Waals surface area (Å²) in [5, 5.41) is 0. The zero-order valence-corrected chi connectivity index (χ0v) is 13.5. The largest absolute Gasteiger partial charge is 0.493 e. The Labute approximate surface area is 131 Å². The number of unbranched alkanes of at least 4 members (excludes halogenated alkanes) is 2. The van der Waals surface area contributed by atoms with Gasteiger partial charge in [0, 0.05) is 0 Å². The van der Waals surface area contributed by atoms with Crippen LogP contribution < -0.4 is 4.74 Å². The van der Waals surface area contributed by atoms with Crippen LogP contribution in [-0.4, -0.2) is 31.8 Å². The van der Waals surface area contributed by atoms with Gasteiger partial charge in [0.25, 0.3) is 0 Å². The molecule has 0 unspecified atom stereocenters. The van der Waals surface area contributed by atoms with Gasteiger partial charge in [0.2, 0.25) is 0 Å². The third-order valence-electron chi connectivity index (χ3n) is 2.99. The monoisotopic (exact) mass is 308 g/mol. The lowest BCUT2D eigenvalue weighted by Crippen LogP contribution is -2.11. The predicted molar refractivity (Wildman–Crippen MR) is 83.4 cm³/mol. The van der Waals surface area contributed by atoms with Crippen molar-refractivity contribution in [2.75, 3.05) is 19.8 Å². The molecular weight excluding hydrogens is 284 g/mol. The third kappa shape index (κ3) is 5.39. The minimum atomic E-state index is -0.501. The van der Waals surface area contributed by atoms with Crippen LogP contribution in [0.3, 0.4) is 0 Å². The van der Waals surface area contributed by atoms with E-state index in [1.54, 1.807) is 26.0 Å². The van der Waals surface area contributed by atoms with E-state index in [0.717, 1.165) is 19.3 Å². The summed E-state index contributed by atoms with van der Waals surface area (Å²) in [6, 6.07) is 4.67. The molecule has 1 rings (SSSR count). The molecular formula is C17H24O5. The first-order chi connectivity index (χ1) is 10.6. The Morgan fingerprint density at radius 3 is 2.27 bits per heavy atom. The molecule has 5 nitrogen and oxygen atoms in total. The van der Waals surface area contributed by atoms with Crippen LogP contribution >= 0.6 is 0 Å². The van der Waals surface area contributed by atoms with Crippen molar-refractivity contribution in [1.82, 2.24) is 0 Å². The second kappa shape index (κ2) is 9.82. The molecule has 1 aromatic rings. The molecule has 0 aromatic heterocycles. The summed E-state index contributed by atoms with van der Waals surface area (Å²) in [6.45, 7) is 6.64. The fourth-order valence-electron chi connectivity index (χ4n) is 1.90. The smallest absolute Gasteiger partial charge is 0.341 e. The normalized spacial score (nSPS) is 10.1. The second-order valence-electron chi connectivity index (χ2n) is 4.71. The van der Waals surface area contributed by atoms with Crippen molar-refractivity contribution in [2.45, 2.75) is 40.0 Å². The molecule has 0 N–H and O–H groups in total. The van der Waals surface area contributed by atoms with Crippen molar-refractivity contribution in [3.8, 4) is 5.75 Å². The minimum absolute atomic E-state index is 0.254. The molecule has 5 heteroatoms. The first-order valence-electron chi connectivity index (χ1n) is 7.75. The van der Waals surface area contributed by atoms with E-state index in [2.05, 4.69) is 6.92 Å². The average molecular weight is 308 g/mol. The lowest BCUT2D eigenvalue weighted by molar-refractivity contribution is 0.0521. The molecule has 0 aliphatic heterocycles. The summed E-state index contributed by atoms with van der Waals surface area (Å²) in [5.74, 6) is -0.535. The van der Waals surface area contributed by atoms with Crippen LogP contribution in [0.25, 0.3) is 0 Å². The molecule has 0 heterocycles. The molecule has 0 spiro atoms. The lowest BCUT2D eigenvalue weighted by atomic mass is 10.1. The Hall–Kier alpha value is -2.04. The van der Waals surface area contributed by atoms with Gasteiger partial charge < -0.3 is 14.2 Å². The quantitative estimate of drug-likeness (QED) is 0.515. The molecule has 0 bridgehead atoms. The lowest BCUT2D eigenvalue weighted by Gasteiger charge is -2.12. The van der Waals surface area contributed by atoms with E-state index in [1.807, 2.05) is 0 Å². The Kier molecular flexibility index (Phi) is 8.04. The molecule has 0 saturated heterocycles. The molecule has 0 saturated carbocycles. The Bertz CT molecular complexity index is 496. The van der Waals surface area contributed by atoms with Crippen LogP contribution in [-0.2, 0) is 9.47 Å². The third-order valence-corrected chi connectivity index (χ3v) is 2.99. The highest BCUT2D eigenvalue weighted by Gasteiger charge is 2.17. The maximum Gasteiger partial charge on any atom is 0.341 e. The Balaban J connectivity index is 2.94. The van der Waals surface area contributed by atoms with Gasteiger partial charge in [0.1, 0.15) is 11.3 Å². The summed E-state index contributed by atoms with van der Waals surface area (Å²) >= 11 is 0. The highest BCUT2D eigenvalue weighted by Crippen LogP contribution is 2.22. The van der Waals surface area contributed by atoms with Crippen LogP contribution in [0.2, 0.25) is 0 Å². The highest BCUT2D eigenvalue weighted by molar-refractivity contribution is 5.97. The number of carbonyl (C=O) groups excluding carboxylic acids is 2. The van der Waals surface area contributed by atoms with Crippen molar-refractivity contribution in [1.29, 1.82) is 0 Å². The van der Waals surface area contributed by atoms with Crippen molar-refractivity contribution in [3.63, 3.8) is 0 Å². The molecule has 0 radical (unpaired) electrons. The summed E-state index contributed by atoms with van der Waals surface area (Å²) < 4.78 is 15.6. The SMILES string of the molecule is CCCCCOc1ccc(C(=O)OCC)cc1C(=O)OCC. The van der Waals surface area contributed by atoms with E-state index in [4.69, 9.17) is 14.2 Å². The molecule has 0 fully saturated rings. The summed E-state index contributed by atoms with van der Waals surface area (Å²) in [7, 11) is 0. The number of rotatable bonds is 9. The maximum atomic E-state index is 12.0. The zero-order chi connectivity index (χ0) is 16.4. The number of hydrogen-bond acceptors (Lipinski definition) is 5. The van der Waals surface area contributed by atoms with Crippen LogP contribution in [0, 0.1) is 0 Å². The van der Waals surface area contributed by atoms with Crippen molar-refractivity contribution >= 4 is 11.9 Å². The molecule has 22 heavy (non-hydrogen) atoms. The molecule has 0 aliphatic rings. The van der Waals surface area contributed by atoms with E-state index in [9.17, 15) is 9.59 Å². The number of hydrogen-bond donors (Lipinski definition) is 0. The Morgan fingerprint density at radius 1 is 0.955 bits per heavy atom. The van der Waals surface area contributed by atoms with Crippen LogP contribution in [0.1, 0.15) is 60.7 Å². The summed E-state index contributed by atoms with van der Waals surface area (Å²) in [6.07, 6.45) is 3.07. The average Bonchev–Trinajstić information content (AvgIpc) is 2.52. The standard InChI is InChI=1S/C17H24O5/c1-4-7-8-11-22-15-10-9-13(16(18)20-5-2)12-14(15)17(19)21-6-3/h9-10,12H,4-8,11H2,1-3H3. The van der Waals surface area contributed by atoms with Gasteiger partial charge in [0.05, 0.1) is 25.4 Å². The number of ether oxygens (including phenoxy) is 3. The van der Waals surface area contributed by atoms with Gasteiger partial charge in [-0.25, -0.2) is 9.59 Å². The van der Waals surface area contributed by atoms with Gasteiger partial charge in [-0.3, -0.25) is 0 Å². The molecule has 1 aromatic carbocycles. The zero-order valence-electron chi connectivity index (χ0n) is 13.5. The Morgan fingerprint density at radius 2 is 1.64 bits per heavy atom. The van der Waals surface area contributed by atoms with Gasteiger partial charge in [-0.15, -0.1) is 0 Å². The van der Waals surface area contributed by atoms with Gasteiger partial charge in [0.15, 0.2) is 0 Å². The predicted octanol–water partition coefficient (Wildman–Crippen LogP) is 3.61. The van der Waals surface area contributed by atoms with Gasteiger partial charge in [-0.1, -0.05) is 19.8 Å². The van der Waals surface area contributed by atoms with E-state index >= 15 is 0 Å².